The first-order valence-corrected chi connectivity index (χ1v) is 9.54. The maximum Gasteiger partial charge on any atom is 0.475 e. The maximum absolute atomic E-state index is 13.8. The van der Waals surface area contributed by atoms with Crippen molar-refractivity contribution in [2.45, 2.75) is 16.6 Å². The molecule has 30 heavy (non-hydrogen) atoms. The molecule has 1 N–H and O–H groups in total. The van der Waals surface area contributed by atoms with Crippen molar-refractivity contribution in [2.24, 2.45) is 0 Å². The summed E-state index contributed by atoms with van der Waals surface area (Å²) in [5, 5.41) is 13.3. The number of likely N-dealkylation sites (N-methyl/N-ethyl adjacent to an activating group) is 1. The fraction of sp³-hybridized carbons (Fsp3) is 0.250. The van der Waals surface area contributed by atoms with Crippen LogP contribution in [0.25, 0.3) is 11.3 Å². The molecule has 0 aliphatic rings. The summed E-state index contributed by atoms with van der Waals surface area (Å²) in [5.41, 5.74) is -9.63. The molecule has 0 radical (unpaired) electrons. The monoisotopic (exact) mass is 490 g/mol. The standard InChI is InChI=1S/C16H10Cl2F6N4OS/c1-3-4-28(2)14-10(15(19,20)21)7(5-25)11(17)9(12(14)18)13-8(6-26-27-13)30(29)16(22,23)24/h3,6H,1,4H2,2H3,(H,26,27). The zero-order valence-corrected chi connectivity index (χ0v) is 17.1. The second-order valence-corrected chi connectivity index (χ2v) is 7.90. The highest BCUT2D eigenvalue weighted by atomic mass is 35.5. The van der Waals surface area contributed by atoms with Crippen molar-refractivity contribution in [3.05, 3.63) is 40.0 Å². The molecule has 1 heterocycles. The lowest BCUT2D eigenvalue weighted by molar-refractivity contribution is -0.137. The number of H-pyrrole nitrogens is 1. The number of rotatable bonds is 5. The number of halogens is 8. The van der Waals surface area contributed by atoms with Crippen molar-refractivity contribution in [1.29, 1.82) is 5.26 Å². The Labute approximate surface area is 178 Å². The topological polar surface area (TPSA) is 72.8 Å². The molecule has 0 saturated heterocycles. The number of aromatic nitrogens is 2. The van der Waals surface area contributed by atoms with Crippen LogP contribution in [0.2, 0.25) is 10.0 Å². The van der Waals surface area contributed by atoms with Gasteiger partial charge in [-0.1, -0.05) is 29.3 Å². The normalized spacial score (nSPS) is 13.1. The van der Waals surface area contributed by atoms with Crippen LogP contribution in [0.1, 0.15) is 11.1 Å². The van der Waals surface area contributed by atoms with E-state index in [1.165, 1.54) is 19.2 Å². The molecule has 1 aromatic heterocycles. The van der Waals surface area contributed by atoms with Crippen molar-refractivity contribution >= 4 is 39.7 Å². The first-order chi connectivity index (χ1) is 13.8. The molecule has 162 valence electrons. The summed E-state index contributed by atoms with van der Waals surface area (Å²) in [6.45, 7) is 3.25. The molecule has 0 saturated carbocycles. The van der Waals surface area contributed by atoms with Crippen LogP contribution in [-0.4, -0.2) is 33.5 Å². The molecule has 0 fully saturated rings. The Morgan fingerprint density at radius 3 is 2.37 bits per heavy atom. The average Bonchev–Trinajstić information content (AvgIpc) is 3.08. The number of anilines is 1. The zero-order chi connectivity index (χ0) is 23.0. The Kier molecular flexibility index (Phi) is 6.80. The second-order valence-electron chi connectivity index (χ2n) is 5.70. The van der Waals surface area contributed by atoms with Crippen LogP contribution >= 0.6 is 23.2 Å². The lowest BCUT2D eigenvalue weighted by Gasteiger charge is -2.27. The molecule has 1 atom stereocenters. The van der Waals surface area contributed by atoms with Gasteiger partial charge < -0.3 is 4.90 Å². The average molecular weight is 491 g/mol. The summed E-state index contributed by atoms with van der Waals surface area (Å²) in [5.74, 6) is 0. The van der Waals surface area contributed by atoms with Gasteiger partial charge in [-0.3, -0.25) is 5.10 Å². The van der Waals surface area contributed by atoms with E-state index in [9.17, 15) is 35.8 Å². The van der Waals surface area contributed by atoms with E-state index >= 15 is 0 Å². The number of benzene rings is 1. The molecular weight excluding hydrogens is 481 g/mol. The first-order valence-electron chi connectivity index (χ1n) is 7.63. The second kappa shape index (κ2) is 8.49. The van der Waals surface area contributed by atoms with Crippen LogP contribution in [0, 0.1) is 11.3 Å². The lowest BCUT2D eigenvalue weighted by Crippen LogP contribution is -2.23. The van der Waals surface area contributed by atoms with Crippen LogP contribution in [0.5, 0.6) is 0 Å². The summed E-state index contributed by atoms with van der Waals surface area (Å²) in [7, 11) is -2.39. The van der Waals surface area contributed by atoms with Gasteiger partial charge in [-0.25, -0.2) is 4.21 Å². The van der Waals surface area contributed by atoms with E-state index in [4.69, 9.17) is 23.2 Å². The largest absolute Gasteiger partial charge is 0.475 e. The molecule has 0 aliphatic heterocycles. The molecule has 0 bridgehead atoms. The van der Waals surface area contributed by atoms with Gasteiger partial charge in [0.1, 0.15) is 6.07 Å². The Morgan fingerprint density at radius 1 is 1.30 bits per heavy atom. The van der Waals surface area contributed by atoms with Crippen molar-refractivity contribution in [3.63, 3.8) is 0 Å². The van der Waals surface area contributed by atoms with E-state index in [0.717, 1.165) is 4.90 Å². The summed E-state index contributed by atoms with van der Waals surface area (Å²) in [4.78, 5) is 0.0857. The van der Waals surface area contributed by atoms with Gasteiger partial charge >= 0.3 is 11.7 Å². The van der Waals surface area contributed by atoms with E-state index in [-0.39, 0.29) is 6.54 Å². The molecule has 1 aromatic carbocycles. The van der Waals surface area contributed by atoms with Crippen LogP contribution < -0.4 is 4.90 Å². The Bertz CT molecular complexity index is 1060. The fourth-order valence-electron chi connectivity index (χ4n) is 2.64. The number of alkyl halides is 6. The number of nitriles is 1. The highest BCUT2D eigenvalue weighted by Crippen LogP contribution is 2.51. The van der Waals surface area contributed by atoms with Crippen molar-refractivity contribution in [1.82, 2.24) is 10.2 Å². The minimum Gasteiger partial charge on any atom is -0.369 e. The van der Waals surface area contributed by atoms with Crippen LogP contribution in [0.15, 0.2) is 23.7 Å². The fourth-order valence-corrected chi connectivity index (χ4v) is 4.17. The van der Waals surface area contributed by atoms with Gasteiger partial charge in [0.25, 0.3) is 0 Å². The molecule has 2 rings (SSSR count). The highest BCUT2D eigenvalue weighted by Gasteiger charge is 2.44. The van der Waals surface area contributed by atoms with E-state index < -0.39 is 65.5 Å². The number of nitrogens with zero attached hydrogens (tertiary/aromatic N) is 3. The number of hydrogen-bond acceptors (Lipinski definition) is 4. The van der Waals surface area contributed by atoms with Gasteiger partial charge in [0.15, 0.2) is 10.8 Å². The summed E-state index contributed by atoms with van der Waals surface area (Å²) in [6, 6.07) is 1.32. The van der Waals surface area contributed by atoms with Gasteiger partial charge in [0.05, 0.1) is 43.6 Å². The molecule has 2 aromatic rings. The third-order valence-electron chi connectivity index (χ3n) is 3.80. The molecule has 5 nitrogen and oxygen atoms in total. The summed E-state index contributed by atoms with van der Waals surface area (Å²) < 4.78 is 91.9. The van der Waals surface area contributed by atoms with Crippen LogP contribution in [0.3, 0.4) is 0 Å². The van der Waals surface area contributed by atoms with Gasteiger partial charge in [-0.15, -0.1) is 6.58 Å². The number of hydrogen-bond donors (Lipinski definition) is 1. The quantitative estimate of drug-likeness (QED) is 0.442. The van der Waals surface area contributed by atoms with E-state index in [0.29, 0.717) is 6.20 Å². The molecule has 0 spiro atoms. The smallest absolute Gasteiger partial charge is 0.369 e. The van der Waals surface area contributed by atoms with E-state index in [2.05, 4.69) is 16.8 Å². The maximum atomic E-state index is 13.8. The van der Waals surface area contributed by atoms with Gasteiger partial charge in [-0.05, 0) is 0 Å². The van der Waals surface area contributed by atoms with Gasteiger partial charge in [0.2, 0.25) is 0 Å². The van der Waals surface area contributed by atoms with Gasteiger partial charge in [0, 0.05) is 19.2 Å². The predicted octanol–water partition coefficient (Wildman–Crippen LogP) is 5.52. The minimum absolute atomic E-state index is 0.154. The Balaban J connectivity index is 3.00. The third-order valence-corrected chi connectivity index (χ3v) is 5.67. The van der Waals surface area contributed by atoms with E-state index in [1.54, 1.807) is 0 Å². The van der Waals surface area contributed by atoms with E-state index in [1.807, 2.05) is 0 Å². The van der Waals surface area contributed by atoms with Crippen LogP contribution in [-0.2, 0) is 17.0 Å². The predicted molar refractivity (Wildman–Crippen MR) is 99.7 cm³/mol. The SMILES string of the molecule is C=CCN(C)c1c(Cl)c(-c2[nH]ncc2S(=O)C(F)(F)F)c(Cl)c(C#N)c1C(F)(F)F. The highest BCUT2D eigenvalue weighted by molar-refractivity contribution is 7.86. The molecular formula is C16H10Cl2F6N4OS. The summed E-state index contributed by atoms with van der Waals surface area (Å²) in [6.07, 6.45) is -3.24. The first kappa shape index (κ1) is 24.0. The van der Waals surface area contributed by atoms with Crippen molar-refractivity contribution in [3.8, 4) is 17.3 Å². The third kappa shape index (κ3) is 4.28. The zero-order valence-electron chi connectivity index (χ0n) is 14.8. The lowest BCUT2D eigenvalue weighted by atomic mass is 9.98. The molecule has 0 aliphatic carbocycles. The Morgan fingerprint density at radius 2 is 1.90 bits per heavy atom. The molecule has 1 unspecified atom stereocenters. The number of aromatic amines is 1. The Hall–Kier alpha value is -2.23. The minimum atomic E-state index is -5.19. The molecule has 14 heteroatoms. The molecule has 0 amide bonds. The van der Waals surface area contributed by atoms with Crippen LogP contribution in [0.4, 0.5) is 32.0 Å². The van der Waals surface area contributed by atoms with Crippen molar-refractivity contribution < 1.29 is 30.6 Å². The van der Waals surface area contributed by atoms with Gasteiger partial charge in [-0.2, -0.15) is 36.7 Å². The summed E-state index contributed by atoms with van der Waals surface area (Å²) >= 11 is 12.2. The van der Waals surface area contributed by atoms with Crippen molar-refractivity contribution in [2.75, 3.05) is 18.5 Å². The number of nitrogens with one attached hydrogen (secondary N) is 1.